The minimum Gasteiger partial charge on any atom is -0.328 e. The standard InChI is InChI=1S/C14H14N6S/c15-10-7-9(8-10)12-18-19-13(14-17-5-6-21-14)20(12)11-3-1-2-4-16-11/h1-6,9-10H,7-8,15H2/t9-,10-. The molecule has 3 heterocycles. The lowest BCUT2D eigenvalue weighted by Gasteiger charge is -2.31. The number of nitrogens with two attached hydrogens (primary N) is 1. The molecule has 4 rings (SSSR count). The second kappa shape index (κ2) is 5.01. The van der Waals surface area contributed by atoms with Crippen LogP contribution in [0.15, 0.2) is 36.0 Å². The van der Waals surface area contributed by atoms with Gasteiger partial charge in [-0.15, -0.1) is 21.5 Å². The SMILES string of the molecule is N[C@H]1C[C@H](c2nnc(-c3nccs3)n2-c2ccccn2)C1. The summed E-state index contributed by atoms with van der Waals surface area (Å²) in [5.41, 5.74) is 5.91. The molecule has 21 heavy (non-hydrogen) atoms. The van der Waals surface area contributed by atoms with E-state index in [2.05, 4.69) is 20.2 Å². The first kappa shape index (κ1) is 12.6. The monoisotopic (exact) mass is 298 g/mol. The average molecular weight is 298 g/mol. The molecule has 0 aliphatic heterocycles. The summed E-state index contributed by atoms with van der Waals surface area (Å²) in [6.07, 6.45) is 5.44. The van der Waals surface area contributed by atoms with Gasteiger partial charge in [-0.25, -0.2) is 9.97 Å². The molecule has 7 heteroatoms. The molecule has 1 saturated carbocycles. The van der Waals surface area contributed by atoms with Crippen molar-refractivity contribution in [2.75, 3.05) is 0 Å². The van der Waals surface area contributed by atoms with Crippen LogP contribution in [0.2, 0.25) is 0 Å². The molecule has 0 unspecified atom stereocenters. The van der Waals surface area contributed by atoms with Gasteiger partial charge in [-0.2, -0.15) is 0 Å². The fourth-order valence-corrected chi connectivity index (χ4v) is 3.23. The van der Waals surface area contributed by atoms with Gasteiger partial charge in [0.15, 0.2) is 10.8 Å². The zero-order valence-corrected chi connectivity index (χ0v) is 12.1. The number of nitrogens with zero attached hydrogens (tertiary/aromatic N) is 5. The Kier molecular flexibility index (Phi) is 3.01. The summed E-state index contributed by atoms with van der Waals surface area (Å²) < 4.78 is 2.01. The Balaban J connectivity index is 1.85. The molecule has 0 saturated heterocycles. The third-order valence-electron chi connectivity index (χ3n) is 3.73. The highest BCUT2D eigenvalue weighted by Gasteiger charge is 2.33. The predicted molar refractivity (Wildman–Crippen MR) is 80.2 cm³/mol. The van der Waals surface area contributed by atoms with Crippen molar-refractivity contribution in [3.8, 4) is 16.6 Å². The third-order valence-corrected chi connectivity index (χ3v) is 4.50. The zero-order chi connectivity index (χ0) is 14.2. The van der Waals surface area contributed by atoms with E-state index in [1.165, 1.54) is 0 Å². The molecule has 1 aliphatic carbocycles. The van der Waals surface area contributed by atoms with E-state index in [0.717, 1.165) is 35.3 Å². The Labute approximate surface area is 125 Å². The summed E-state index contributed by atoms with van der Waals surface area (Å²) in [6, 6.07) is 6.09. The maximum atomic E-state index is 5.91. The van der Waals surface area contributed by atoms with Gasteiger partial charge in [0.1, 0.15) is 11.6 Å². The maximum absolute atomic E-state index is 5.91. The highest BCUT2D eigenvalue weighted by molar-refractivity contribution is 7.13. The fourth-order valence-electron chi connectivity index (χ4n) is 2.62. The first-order chi connectivity index (χ1) is 10.3. The third kappa shape index (κ3) is 2.14. The van der Waals surface area contributed by atoms with E-state index in [0.29, 0.717) is 5.92 Å². The van der Waals surface area contributed by atoms with Crippen LogP contribution in [0.25, 0.3) is 16.6 Å². The molecule has 2 N–H and O–H groups in total. The van der Waals surface area contributed by atoms with E-state index >= 15 is 0 Å². The normalized spacial score (nSPS) is 21.2. The van der Waals surface area contributed by atoms with Crippen LogP contribution >= 0.6 is 11.3 Å². The molecule has 0 spiro atoms. The van der Waals surface area contributed by atoms with Crippen LogP contribution in [0.1, 0.15) is 24.6 Å². The van der Waals surface area contributed by atoms with Gasteiger partial charge in [-0.05, 0) is 25.0 Å². The van der Waals surface area contributed by atoms with Crippen LogP contribution in [0, 0.1) is 0 Å². The van der Waals surface area contributed by atoms with Crippen molar-refractivity contribution in [1.82, 2.24) is 24.7 Å². The first-order valence-electron chi connectivity index (χ1n) is 6.85. The van der Waals surface area contributed by atoms with Crippen molar-refractivity contribution >= 4 is 11.3 Å². The van der Waals surface area contributed by atoms with Crippen LogP contribution in [0.4, 0.5) is 0 Å². The summed E-state index contributed by atoms with van der Waals surface area (Å²) >= 11 is 1.55. The molecule has 0 amide bonds. The van der Waals surface area contributed by atoms with Crippen molar-refractivity contribution in [2.24, 2.45) is 5.73 Å². The number of hydrogen-bond acceptors (Lipinski definition) is 6. The van der Waals surface area contributed by atoms with E-state index in [1.807, 2.05) is 28.1 Å². The van der Waals surface area contributed by atoms with Gasteiger partial charge in [0, 0.05) is 29.7 Å². The molecule has 0 bridgehead atoms. The van der Waals surface area contributed by atoms with Crippen molar-refractivity contribution in [2.45, 2.75) is 24.8 Å². The molecular formula is C14H14N6S. The van der Waals surface area contributed by atoms with E-state index in [9.17, 15) is 0 Å². The summed E-state index contributed by atoms with van der Waals surface area (Å²) in [6.45, 7) is 0. The number of aromatic nitrogens is 5. The molecular weight excluding hydrogens is 284 g/mol. The number of pyridine rings is 1. The number of hydrogen-bond donors (Lipinski definition) is 1. The smallest absolute Gasteiger partial charge is 0.198 e. The average Bonchev–Trinajstić information content (AvgIpc) is 3.13. The molecule has 1 aliphatic rings. The van der Waals surface area contributed by atoms with Gasteiger partial charge in [-0.3, -0.25) is 4.57 Å². The molecule has 0 atom stereocenters. The highest BCUT2D eigenvalue weighted by atomic mass is 32.1. The Morgan fingerprint density at radius 2 is 2.05 bits per heavy atom. The minimum atomic E-state index is 0.271. The molecule has 6 nitrogen and oxygen atoms in total. The molecule has 106 valence electrons. The molecule has 0 aromatic carbocycles. The van der Waals surface area contributed by atoms with Gasteiger partial charge in [-0.1, -0.05) is 6.07 Å². The summed E-state index contributed by atoms with van der Waals surface area (Å²) in [5, 5.41) is 11.5. The van der Waals surface area contributed by atoms with Crippen molar-refractivity contribution in [3.05, 3.63) is 41.8 Å². The van der Waals surface area contributed by atoms with Gasteiger partial charge in [0.05, 0.1) is 0 Å². The lowest BCUT2D eigenvalue weighted by atomic mass is 9.80. The molecule has 3 aromatic rings. The van der Waals surface area contributed by atoms with E-state index in [1.54, 1.807) is 23.7 Å². The van der Waals surface area contributed by atoms with Crippen molar-refractivity contribution in [1.29, 1.82) is 0 Å². The largest absolute Gasteiger partial charge is 0.328 e. The Morgan fingerprint density at radius 3 is 2.71 bits per heavy atom. The van der Waals surface area contributed by atoms with Gasteiger partial charge in [0.2, 0.25) is 0 Å². The van der Waals surface area contributed by atoms with Gasteiger partial charge < -0.3 is 5.73 Å². The summed E-state index contributed by atoms with van der Waals surface area (Å²) in [7, 11) is 0. The van der Waals surface area contributed by atoms with E-state index in [4.69, 9.17) is 5.73 Å². The first-order valence-corrected chi connectivity index (χ1v) is 7.73. The summed E-state index contributed by atoms with van der Waals surface area (Å²) in [4.78, 5) is 8.79. The van der Waals surface area contributed by atoms with Gasteiger partial charge in [0.25, 0.3) is 0 Å². The highest BCUT2D eigenvalue weighted by Crippen LogP contribution is 2.37. The molecule has 0 radical (unpaired) electrons. The molecule has 1 fully saturated rings. The topological polar surface area (TPSA) is 82.5 Å². The van der Waals surface area contributed by atoms with Crippen LogP contribution in [-0.4, -0.2) is 30.8 Å². The maximum Gasteiger partial charge on any atom is 0.198 e. The lowest BCUT2D eigenvalue weighted by Crippen LogP contribution is -2.36. The Morgan fingerprint density at radius 1 is 1.14 bits per heavy atom. The van der Waals surface area contributed by atoms with Crippen LogP contribution in [0.5, 0.6) is 0 Å². The zero-order valence-electron chi connectivity index (χ0n) is 11.3. The van der Waals surface area contributed by atoms with E-state index in [-0.39, 0.29) is 6.04 Å². The Bertz CT molecular complexity index is 730. The lowest BCUT2D eigenvalue weighted by molar-refractivity contribution is 0.334. The van der Waals surface area contributed by atoms with Crippen molar-refractivity contribution < 1.29 is 0 Å². The van der Waals surface area contributed by atoms with Crippen LogP contribution in [-0.2, 0) is 0 Å². The minimum absolute atomic E-state index is 0.271. The van der Waals surface area contributed by atoms with Crippen LogP contribution in [0.3, 0.4) is 0 Å². The number of rotatable bonds is 3. The van der Waals surface area contributed by atoms with E-state index < -0.39 is 0 Å². The molecule has 3 aromatic heterocycles. The quantitative estimate of drug-likeness (QED) is 0.799. The predicted octanol–water partition coefficient (Wildman–Crippen LogP) is 1.99. The Hall–Kier alpha value is -2.12. The second-order valence-corrected chi connectivity index (χ2v) is 6.07. The summed E-state index contributed by atoms with van der Waals surface area (Å²) in [5.74, 6) is 2.85. The van der Waals surface area contributed by atoms with Gasteiger partial charge >= 0.3 is 0 Å². The number of thiazole rings is 1. The fraction of sp³-hybridized carbons (Fsp3) is 0.286. The van der Waals surface area contributed by atoms with Crippen molar-refractivity contribution in [3.63, 3.8) is 0 Å². The van der Waals surface area contributed by atoms with Crippen LogP contribution < -0.4 is 5.73 Å². The second-order valence-electron chi connectivity index (χ2n) is 5.17.